The molecular formula is C44H53N4O8P. The minimum atomic E-state index is -1.80. The van der Waals surface area contributed by atoms with Crippen LogP contribution < -0.4 is 20.7 Å². The van der Waals surface area contributed by atoms with Gasteiger partial charge in [-0.05, 0) is 75.1 Å². The van der Waals surface area contributed by atoms with Gasteiger partial charge in [0.05, 0.1) is 45.8 Å². The number of terminal acetylenes is 1. The number of benzene rings is 3. The van der Waals surface area contributed by atoms with Crippen LogP contribution in [0.15, 0.2) is 101 Å². The van der Waals surface area contributed by atoms with Crippen LogP contribution in [0.3, 0.4) is 0 Å². The second-order valence-electron chi connectivity index (χ2n) is 14.2. The molecule has 5 rings (SSSR count). The molecule has 2 heterocycles. The summed E-state index contributed by atoms with van der Waals surface area (Å²) in [4.78, 5) is 26.7. The molecule has 1 fully saturated rings. The molecule has 13 heteroatoms. The number of nitrogens with zero attached hydrogens (tertiary/aromatic N) is 4. The van der Waals surface area contributed by atoms with E-state index in [0.29, 0.717) is 17.9 Å². The van der Waals surface area contributed by atoms with Gasteiger partial charge in [-0.2, -0.15) is 5.26 Å². The Morgan fingerprint density at radius 2 is 1.47 bits per heavy atom. The molecule has 1 aromatic heterocycles. The van der Waals surface area contributed by atoms with E-state index in [4.69, 9.17) is 34.4 Å². The summed E-state index contributed by atoms with van der Waals surface area (Å²) in [6.45, 7) is 10.4. The lowest BCUT2D eigenvalue weighted by atomic mass is 9.80. The number of hydrogen-bond donors (Lipinski definition) is 0. The molecule has 302 valence electrons. The molecule has 0 bridgehead atoms. The molecule has 0 spiro atoms. The smallest absolute Gasteiger partial charge is 0.333 e. The normalized spacial score (nSPS) is 18.7. The van der Waals surface area contributed by atoms with Crippen molar-refractivity contribution in [3.05, 3.63) is 129 Å². The van der Waals surface area contributed by atoms with E-state index in [-0.39, 0.29) is 38.3 Å². The van der Waals surface area contributed by atoms with E-state index in [1.807, 2.05) is 113 Å². The lowest BCUT2D eigenvalue weighted by Gasteiger charge is -2.39. The predicted molar refractivity (Wildman–Crippen MR) is 220 cm³/mol. The van der Waals surface area contributed by atoms with Crippen LogP contribution in [-0.4, -0.2) is 65.5 Å². The third-order valence-electron chi connectivity index (χ3n) is 9.86. The first-order valence-corrected chi connectivity index (χ1v) is 20.3. The molecule has 4 aromatic rings. The highest BCUT2D eigenvalue weighted by atomic mass is 31.2. The van der Waals surface area contributed by atoms with E-state index in [1.54, 1.807) is 14.2 Å². The lowest BCUT2D eigenvalue weighted by Crippen LogP contribution is -2.42. The maximum absolute atomic E-state index is 13.9. The zero-order valence-electron chi connectivity index (χ0n) is 33.7. The van der Waals surface area contributed by atoms with Gasteiger partial charge in [0.1, 0.15) is 29.3 Å². The van der Waals surface area contributed by atoms with E-state index < -0.39 is 49.7 Å². The van der Waals surface area contributed by atoms with Gasteiger partial charge in [-0.1, -0.05) is 67.4 Å². The van der Waals surface area contributed by atoms with Crippen LogP contribution in [0.5, 0.6) is 11.5 Å². The fourth-order valence-corrected chi connectivity index (χ4v) is 9.03. The summed E-state index contributed by atoms with van der Waals surface area (Å²) >= 11 is 0. The van der Waals surface area contributed by atoms with Crippen molar-refractivity contribution in [2.45, 2.75) is 90.1 Å². The highest BCUT2D eigenvalue weighted by Crippen LogP contribution is 2.52. The molecule has 3 aromatic carbocycles. The number of nitriles is 1. The van der Waals surface area contributed by atoms with Gasteiger partial charge >= 0.3 is 5.69 Å². The first-order chi connectivity index (χ1) is 27.5. The van der Waals surface area contributed by atoms with Crippen LogP contribution in [0.25, 0.3) is 0 Å². The fourth-order valence-electron chi connectivity index (χ4n) is 7.25. The number of ether oxygens (including phenoxy) is 4. The molecule has 0 N–H and O–H groups in total. The molecule has 1 aliphatic heterocycles. The second kappa shape index (κ2) is 20.1. The Hall–Kier alpha value is -4.78. The van der Waals surface area contributed by atoms with Crippen LogP contribution >= 0.6 is 8.53 Å². The van der Waals surface area contributed by atoms with Crippen molar-refractivity contribution in [2.24, 2.45) is 5.92 Å². The first kappa shape index (κ1) is 43.3. The zero-order valence-corrected chi connectivity index (χ0v) is 34.6. The molecule has 1 aliphatic rings. The predicted octanol–water partition coefficient (Wildman–Crippen LogP) is 7.25. The molecule has 0 saturated carbocycles. The van der Waals surface area contributed by atoms with Crippen LogP contribution in [0.1, 0.15) is 70.4 Å². The molecule has 0 radical (unpaired) electrons. The molecule has 5 atom stereocenters. The Kier molecular flexibility index (Phi) is 15.3. The van der Waals surface area contributed by atoms with Crippen LogP contribution in [-0.2, 0) is 30.7 Å². The van der Waals surface area contributed by atoms with Gasteiger partial charge < -0.3 is 28.0 Å². The first-order valence-electron chi connectivity index (χ1n) is 19.2. The quantitative estimate of drug-likeness (QED) is 0.0415. The Labute approximate surface area is 336 Å². The summed E-state index contributed by atoms with van der Waals surface area (Å²) < 4.78 is 43.2. The third-order valence-corrected chi connectivity index (χ3v) is 12.0. The molecule has 0 aliphatic carbocycles. The van der Waals surface area contributed by atoms with Gasteiger partial charge in [0.2, 0.25) is 0 Å². The Morgan fingerprint density at radius 3 is 1.98 bits per heavy atom. The molecule has 12 nitrogen and oxygen atoms in total. The van der Waals surface area contributed by atoms with Gasteiger partial charge in [-0.15, -0.1) is 6.42 Å². The van der Waals surface area contributed by atoms with Gasteiger partial charge in [0, 0.05) is 30.9 Å². The Morgan fingerprint density at radius 1 is 0.895 bits per heavy atom. The summed E-state index contributed by atoms with van der Waals surface area (Å²) in [7, 11) is 1.44. The average molecular weight is 797 g/mol. The summed E-state index contributed by atoms with van der Waals surface area (Å²) in [5, 5.41) is 9.39. The Bertz CT molecular complexity index is 2040. The molecule has 1 saturated heterocycles. The van der Waals surface area contributed by atoms with Gasteiger partial charge in [0.15, 0.2) is 6.23 Å². The van der Waals surface area contributed by atoms with Crippen molar-refractivity contribution < 1.29 is 28.0 Å². The zero-order chi connectivity index (χ0) is 41.1. The minimum absolute atomic E-state index is 0.00592. The molecule has 1 unspecified atom stereocenters. The maximum Gasteiger partial charge on any atom is 0.333 e. The van der Waals surface area contributed by atoms with E-state index in [0.717, 1.165) is 16.7 Å². The Balaban J connectivity index is 1.67. The highest BCUT2D eigenvalue weighted by molar-refractivity contribution is 7.44. The van der Waals surface area contributed by atoms with Crippen molar-refractivity contribution in [2.75, 3.05) is 27.4 Å². The highest BCUT2D eigenvalue weighted by Gasteiger charge is 2.50. The van der Waals surface area contributed by atoms with Gasteiger partial charge in [-0.3, -0.25) is 13.9 Å². The van der Waals surface area contributed by atoms with Crippen molar-refractivity contribution in [1.29, 1.82) is 5.26 Å². The molecule has 0 amide bonds. The van der Waals surface area contributed by atoms with Crippen LogP contribution in [0.4, 0.5) is 0 Å². The maximum atomic E-state index is 13.9. The fraction of sp³-hybridized carbons (Fsp3) is 0.432. The number of aromatic nitrogens is 2. The topological polar surface area (TPSA) is 126 Å². The van der Waals surface area contributed by atoms with E-state index >= 15 is 0 Å². The van der Waals surface area contributed by atoms with E-state index in [1.165, 1.54) is 21.4 Å². The number of rotatable bonds is 19. The third kappa shape index (κ3) is 9.51. The number of hydrogen-bond acceptors (Lipinski definition) is 10. The van der Waals surface area contributed by atoms with Crippen molar-refractivity contribution in [3.8, 4) is 29.9 Å². The van der Waals surface area contributed by atoms with E-state index in [2.05, 4.69) is 16.7 Å². The van der Waals surface area contributed by atoms with Crippen molar-refractivity contribution >= 4 is 8.53 Å². The standard InChI is InChI=1S/C44H53N4O8P/c1-9-27-46-40(49)25-28-47(43(46)50)42-38(10-2)41(56-57(54-29-14-26-45)48(31(3)4)32(5)6)39(55-42)30-53-44(33-15-12-11-13-16-33,34-17-21-36(51-7)22-18-34)35-19-23-37(52-8)24-20-35/h2,11-13,15-25,28,31-32,38-39,41-42H,9,14,27,29-30H2,1,3-8H3/t38-,39+,41-,42+,57?/m0/s1. The summed E-state index contributed by atoms with van der Waals surface area (Å²) in [5.41, 5.74) is 0.331. The van der Waals surface area contributed by atoms with Crippen molar-refractivity contribution in [3.63, 3.8) is 0 Å². The van der Waals surface area contributed by atoms with Crippen LogP contribution in [0, 0.1) is 29.6 Å². The SMILES string of the molecule is C#C[C@H]1[C@H](OP(OCCC#N)N(C(C)C)C(C)C)[C@@H](COC(c2ccccc2)(c2ccc(OC)cc2)c2ccc(OC)cc2)O[C@H]1n1ccc(=O)n(CCC)c1=O. The van der Waals surface area contributed by atoms with Crippen molar-refractivity contribution in [1.82, 2.24) is 13.8 Å². The molecule has 57 heavy (non-hydrogen) atoms. The van der Waals surface area contributed by atoms with E-state index in [9.17, 15) is 14.9 Å². The molecular weight excluding hydrogens is 743 g/mol. The largest absolute Gasteiger partial charge is 0.497 e. The minimum Gasteiger partial charge on any atom is -0.497 e. The number of methoxy groups -OCH3 is 2. The average Bonchev–Trinajstić information content (AvgIpc) is 3.56. The summed E-state index contributed by atoms with van der Waals surface area (Å²) in [6.07, 6.45) is 5.80. The monoisotopic (exact) mass is 796 g/mol. The summed E-state index contributed by atoms with van der Waals surface area (Å²) in [6, 6.07) is 28.8. The lowest BCUT2D eigenvalue weighted by molar-refractivity contribution is -0.0931. The van der Waals surface area contributed by atoms with Gasteiger partial charge in [-0.25, -0.2) is 9.46 Å². The van der Waals surface area contributed by atoms with Gasteiger partial charge in [0.25, 0.3) is 14.1 Å². The summed E-state index contributed by atoms with van der Waals surface area (Å²) in [5.74, 6) is 3.43. The second-order valence-corrected chi connectivity index (χ2v) is 15.6. The van der Waals surface area contributed by atoms with Crippen LogP contribution in [0.2, 0.25) is 0 Å².